The number of carbonyl (C=O) groups excluding carboxylic acids is 1. The zero-order valence-electron chi connectivity index (χ0n) is 10.5. The van der Waals surface area contributed by atoms with Gasteiger partial charge in [-0.1, -0.05) is 0 Å². The van der Waals surface area contributed by atoms with Crippen molar-refractivity contribution in [3.63, 3.8) is 0 Å². The first-order valence-corrected chi connectivity index (χ1v) is 6.30. The molecule has 0 fully saturated rings. The number of nitrogens with one attached hydrogen (secondary N) is 1. The van der Waals surface area contributed by atoms with Crippen molar-refractivity contribution in [1.82, 2.24) is 29.4 Å². The Bertz CT molecular complexity index is 655. The molecule has 8 nitrogen and oxygen atoms in total. The predicted molar refractivity (Wildman–Crippen MR) is 70.2 cm³/mol. The molecule has 102 valence electrons. The summed E-state index contributed by atoms with van der Waals surface area (Å²) in [6.07, 6.45) is 3.16. The highest BCUT2D eigenvalue weighted by atomic mass is 79.9. The summed E-state index contributed by atoms with van der Waals surface area (Å²) in [4.78, 5) is 23.2. The minimum Gasteiger partial charge on any atom is -0.349 e. The summed E-state index contributed by atoms with van der Waals surface area (Å²) in [5.41, 5.74) is 0.401. The molecular weight excluding hydrogens is 316 g/mol. The van der Waals surface area contributed by atoms with E-state index in [1.54, 1.807) is 25.0 Å². The molecule has 0 aliphatic carbocycles. The molecule has 0 unspecified atom stereocenters. The lowest BCUT2D eigenvalue weighted by Crippen LogP contribution is -2.33. The summed E-state index contributed by atoms with van der Waals surface area (Å²) in [5.74, 6) is -0.293. The topological polar surface area (TPSA) is 86.7 Å². The fourth-order valence-corrected chi connectivity index (χ4v) is 2.04. The van der Waals surface area contributed by atoms with E-state index in [2.05, 4.69) is 31.4 Å². The average Bonchev–Trinajstić information content (AvgIpc) is 2.83. The second-order valence-electron chi connectivity index (χ2n) is 4.06. The van der Waals surface area contributed by atoms with E-state index in [4.69, 9.17) is 0 Å². The van der Waals surface area contributed by atoms with Gasteiger partial charge < -0.3 is 5.32 Å². The zero-order valence-corrected chi connectivity index (χ0v) is 12.1. The van der Waals surface area contributed by atoms with Crippen LogP contribution in [0.5, 0.6) is 0 Å². The number of halogens is 1. The second kappa shape index (κ2) is 5.39. The Morgan fingerprint density at radius 2 is 2.21 bits per heavy atom. The van der Waals surface area contributed by atoms with Crippen LogP contribution in [0.25, 0.3) is 0 Å². The van der Waals surface area contributed by atoms with E-state index in [0.29, 0.717) is 6.54 Å². The van der Waals surface area contributed by atoms with Gasteiger partial charge in [0.05, 0.1) is 16.7 Å². The van der Waals surface area contributed by atoms with Crippen LogP contribution in [-0.2, 0) is 32.0 Å². The summed E-state index contributed by atoms with van der Waals surface area (Å²) in [6, 6.07) is 0. The third-order valence-electron chi connectivity index (χ3n) is 2.49. The lowest BCUT2D eigenvalue weighted by atomic mass is 10.4. The van der Waals surface area contributed by atoms with Gasteiger partial charge in [0.2, 0.25) is 5.91 Å². The van der Waals surface area contributed by atoms with Crippen LogP contribution in [0.3, 0.4) is 0 Å². The number of amides is 1. The van der Waals surface area contributed by atoms with Crippen molar-refractivity contribution < 1.29 is 4.79 Å². The molecule has 2 aromatic heterocycles. The number of rotatable bonds is 4. The lowest BCUT2D eigenvalue weighted by molar-refractivity contribution is -0.122. The van der Waals surface area contributed by atoms with Crippen molar-refractivity contribution in [2.75, 3.05) is 0 Å². The van der Waals surface area contributed by atoms with Crippen LogP contribution in [0.4, 0.5) is 0 Å². The standard InChI is InChI=1S/C10H13BrN6O2/c1-15-6-13-17(10(15)19)5-9(18)12-3-8-7(11)4-16(2)14-8/h4,6H,3,5H2,1-2H3,(H,12,18). The Kier molecular flexibility index (Phi) is 3.84. The van der Waals surface area contributed by atoms with Gasteiger partial charge in [0.15, 0.2) is 0 Å². The van der Waals surface area contributed by atoms with E-state index >= 15 is 0 Å². The Morgan fingerprint density at radius 1 is 1.47 bits per heavy atom. The van der Waals surface area contributed by atoms with Crippen LogP contribution in [-0.4, -0.2) is 30.0 Å². The maximum absolute atomic E-state index is 11.7. The van der Waals surface area contributed by atoms with E-state index in [1.807, 2.05) is 0 Å². The predicted octanol–water partition coefficient (Wildman–Crippen LogP) is -0.606. The first-order chi connectivity index (χ1) is 8.97. The second-order valence-corrected chi connectivity index (χ2v) is 4.91. The number of carbonyl (C=O) groups is 1. The minimum atomic E-state index is -0.325. The molecule has 2 rings (SSSR count). The molecule has 19 heavy (non-hydrogen) atoms. The number of aryl methyl sites for hydroxylation is 2. The van der Waals surface area contributed by atoms with Gasteiger partial charge in [0.1, 0.15) is 12.9 Å². The first-order valence-electron chi connectivity index (χ1n) is 5.50. The molecule has 2 heterocycles. The molecule has 0 aromatic carbocycles. The molecule has 0 radical (unpaired) electrons. The minimum absolute atomic E-state index is 0.107. The molecule has 0 saturated heterocycles. The van der Waals surface area contributed by atoms with Crippen molar-refractivity contribution in [1.29, 1.82) is 0 Å². The largest absolute Gasteiger partial charge is 0.349 e. The van der Waals surface area contributed by atoms with Crippen LogP contribution in [0.15, 0.2) is 21.8 Å². The van der Waals surface area contributed by atoms with Gasteiger partial charge in [-0.3, -0.25) is 14.0 Å². The Balaban J connectivity index is 1.94. The van der Waals surface area contributed by atoms with Crippen LogP contribution in [0.1, 0.15) is 5.69 Å². The van der Waals surface area contributed by atoms with Crippen LogP contribution < -0.4 is 11.0 Å². The molecule has 2 aromatic rings. The molecular formula is C10H13BrN6O2. The maximum atomic E-state index is 11.7. The fraction of sp³-hybridized carbons (Fsp3) is 0.400. The number of hydrogen-bond donors (Lipinski definition) is 1. The SMILES string of the molecule is Cn1cc(Br)c(CNC(=O)Cn2ncn(C)c2=O)n1. The summed E-state index contributed by atoms with van der Waals surface area (Å²) >= 11 is 3.34. The van der Waals surface area contributed by atoms with Crippen LogP contribution in [0.2, 0.25) is 0 Å². The normalized spacial score (nSPS) is 10.7. The van der Waals surface area contributed by atoms with Crippen molar-refractivity contribution in [3.05, 3.63) is 33.2 Å². The molecule has 9 heteroatoms. The number of aromatic nitrogens is 5. The molecule has 1 amide bonds. The Labute approximate surface area is 117 Å². The Hall–Kier alpha value is -1.90. The Morgan fingerprint density at radius 3 is 2.74 bits per heavy atom. The van der Waals surface area contributed by atoms with Gasteiger partial charge in [-0.15, -0.1) is 0 Å². The van der Waals surface area contributed by atoms with Gasteiger partial charge in [0.25, 0.3) is 0 Å². The number of hydrogen-bond acceptors (Lipinski definition) is 4. The summed E-state index contributed by atoms with van der Waals surface area (Å²) in [7, 11) is 3.37. The van der Waals surface area contributed by atoms with E-state index < -0.39 is 0 Å². The molecule has 0 saturated carbocycles. The van der Waals surface area contributed by atoms with Crippen molar-refractivity contribution in [2.24, 2.45) is 14.1 Å². The van der Waals surface area contributed by atoms with Gasteiger partial charge >= 0.3 is 5.69 Å². The van der Waals surface area contributed by atoms with Gasteiger partial charge in [-0.05, 0) is 15.9 Å². The van der Waals surface area contributed by atoms with E-state index in [1.165, 1.54) is 10.9 Å². The monoisotopic (exact) mass is 328 g/mol. The van der Waals surface area contributed by atoms with Crippen molar-refractivity contribution in [3.8, 4) is 0 Å². The quantitative estimate of drug-likeness (QED) is 0.811. The molecule has 0 aliphatic heterocycles. The molecule has 0 bridgehead atoms. The van der Waals surface area contributed by atoms with E-state index in [9.17, 15) is 9.59 Å². The van der Waals surface area contributed by atoms with Crippen molar-refractivity contribution in [2.45, 2.75) is 13.1 Å². The van der Waals surface area contributed by atoms with Crippen LogP contribution >= 0.6 is 15.9 Å². The molecule has 0 atom stereocenters. The molecule has 0 aliphatic rings. The van der Waals surface area contributed by atoms with Gasteiger partial charge in [-0.2, -0.15) is 10.2 Å². The van der Waals surface area contributed by atoms with Gasteiger partial charge in [-0.25, -0.2) is 9.48 Å². The average molecular weight is 329 g/mol. The third kappa shape index (κ3) is 3.11. The molecule has 0 spiro atoms. The van der Waals surface area contributed by atoms with Crippen molar-refractivity contribution >= 4 is 21.8 Å². The summed E-state index contributed by atoms with van der Waals surface area (Å²) in [5, 5.41) is 10.7. The third-order valence-corrected chi connectivity index (χ3v) is 3.15. The first kappa shape index (κ1) is 13.5. The highest BCUT2D eigenvalue weighted by molar-refractivity contribution is 9.10. The summed E-state index contributed by atoms with van der Waals surface area (Å²) in [6.45, 7) is 0.186. The smallest absolute Gasteiger partial charge is 0.345 e. The highest BCUT2D eigenvalue weighted by Crippen LogP contribution is 2.13. The maximum Gasteiger partial charge on any atom is 0.345 e. The van der Waals surface area contributed by atoms with E-state index in [-0.39, 0.29) is 18.1 Å². The van der Waals surface area contributed by atoms with Gasteiger partial charge in [0, 0.05) is 20.3 Å². The zero-order chi connectivity index (χ0) is 14.0. The number of nitrogens with zero attached hydrogens (tertiary/aromatic N) is 5. The highest BCUT2D eigenvalue weighted by Gasteiger charge is 2.10. The fourth-order valence-electron chi connectivity index (χ4n) is 1.53. The lowest BCUT2D eigenvalue weighted by Gasteiger charge is -2.03. The molecule has 1 N–H and O–H groups in total. The van der Waals surface area contributed by atoms with Crippen LogP contribution in [0, 0.1) is 0 Å². The summed E-state index contributed by atoms with van der Waals surface area (Å²) < 4.78 is 4.88. The van der Waals surface area contributed by atoms with E-state index in [0.717, 1.165) is 14.8 Å².